The Bertz CT molecular complexity index is 587. The second-order valence-corrected chi connectivity index (χ2v) is 4.35. The summed E-state index contributed by atoms with van der Waals surface area (Å²) in [5, 5.41) is 0. The minimum Gasteiger partial charge on any atom is -0.439 e. The predicted molar refractivity (Wildman–Crippen MR) is 77.4 cm³/mol. The van der Waals surface area contributed by atoms with Crippen LogP contribution in [0.25, 0.3) is 0 Å². The number of ether oxygens (including phenoxy) is 2. The SMILES string of the molecule is COCc1cccc(Oc2cccc(C(N)=S)n2)c1. The van der Waals surface area contributed by atoms with E-state index >= 15 is 0 Å². The van der Waals surface area contributed by atoms with Crippen LogP contribution in [-0.2, 0) is 11.3 Å². The van der Waals surface area contributed by atoms with Gasteiger partial charge in [0.2, 0.25) is 5.88 Å². The highest BCUT2D eigenvalue weighted by Crippen LogP contribution is 2.21. The van der Waals surface area contributed by atoms with Crippen molar-refractivity contribution in [3.05, 3.63) is 53.7 Å². The Morgan fingerprint density at radius 3 is 2.79 bits per heavy atom. The Balaban J connectivity index is 2.18. The Kier molecular flexibility index (Phi) is 4.43. The average molecular weight is 274 g/mol. The van der Waals surface area contributed by atoms with Gasteiger partial charge in [-0.25, -0.2) is 4.98 Å². The van der Waals surface area contributed by atoms with Crippen LogP contribution in [0.3, 0.4) is 0 Å². The van der Waals surface area contributed by atoms with Crippen molar-refractivity contribution >= 4 is 17.2 Å². The molecule has 0 saturated heterocycles. The van der Waals surface area contributed by atoms with Gasteiger partial charge in [-0.05, 0) is 23.8 Å². The highest BCUT2D eigenvalue weighted by Gasteiger charge is 2.03. The first-order valence-corrected chi connectivity index (χ1v) is 6.12. The molecule has 0 radical (unpaired) electrons. The zero-order valence-corrected chi connectivity index (χ0v) is 11.3. The molecule has 0 atom stereocenters. The molecule has 0 aliphatic carbocycles. The number of benzene rings is 1. The lowest BCUT2D eigenvalue weighted by molar-refractivity contribution is 0.184. The summed E-state index contributed by atoms with van der Waals surface area (Å²) >= 11 is 4.88. The topological polar surface area (TPSA) is 57.4 Å². The standard InChI is InChI=1S/C14H14N2O2S/c1-17-9-10-4-2-5-11(8-10)18-13-7-3-6-12(16-13)14(15)19/h2-8H,9H2,1H3,(H2,15,19). The second kappa shape index (κ2) is 6.26. The molecule has 4 nitrogen and oxygen atoms in total. The van der Waals surface area contributed by atoms with Crippen LogP contribution < -0.4 is 10.5 Å². The van der Waals surface area contributed by atoms with Gasteiger partial charge < -0.3 is 15.2 Å². The number of methoxy groups -OCH3 is 1. The van der Waals surface area contributed by atoms with Gasteiger partial charge in [-0.1, -0.05) is 30.4 Å². The molecular formula is C14H14N2O2S. The van der Waals surface area contributed by atoms with Crippen molar-refractivity contribution in [1.82, 2.24) is 4.98 Å². The van der Waals surface area contributed by atoms with Crippen molar-refractivity contribution in [2.24, 2.45) is 5.73 Å². The van der Waals surface area contributed by atoms with Crippen molar-refractivity contribution in [1.29, 1.82) is 0 Å². The van der Waals surface area contributed by atoms with E-state index in [4.69, 9.17) is 27.4 Å². The summed E-state index contributed by atoms with van der Waals surface area (Å²) < 4.78 is 10.8. The summed E-state index contributed by atoms with van der Waals surface area (Å²) in [6.07, 6.45) is 0. The van der Waals surface area contributed by atoms with E-state index in [9.17, 15) is 0 Å². The number of pyridine rings is 1. The first-order valence-electron chi connectivity index (χ1n) is 5.71. The first-order chi connectivity index (χ1) is 9.19. The molecule has 0 amide bonds. The average Bonchev–Trinajstić information content (AvgIpc) is 2.40. The van der Waals surface area contributed by atoms with E-state index in [1.54, 1.807) is 25.3 Å². The maximum Gasteiger partial charge on any atom is 0.219 e. The van der Waals surface area contributed by atoms with Gasteiger partial charge in [-0.2, -0.15) is 0 Å². The van der Waals surface area contributed by atoms with E-state index in [2.05, 4.69) is 4.98 Å². The van der Waals surface area contributed by atoms with Crippen molar-refractivity contribution in [3.8, 4) is 11.6 Å². The molecule has 0 spiro atoms. The van der Waals surface area contributed by atoms with Crippen LogP contribution in [0.1, 0.15) is 11.3 Å². The fraction of sp³-hybridized carbons (Fsp3) is 0.143. The molecule has 0 aliphatic rings. The van der Waals surface area contributed by atoms with Crippen molar-refractivity contribution in [2.45, 2.75) is 6.61 Å². The summed E-state index contributed by atoms with van der Waals surface area (Å²) in [6, 6.07) is 12.9. The molecule has 0 bridgehead atoms. The lowest BCUT2D eigenvalue weighted by Crippen LogP contribution is -2.11. The molecule has 0 saturated carbocycles. The third-order valence-electron chi connectivity index (χ3n) is 2.41. The molecule has 19 heavy (non-hydrogen) atoms. The normalized spacial score (nSPS) is 10.2. The minimum atomic E-state index is 0.249. The highest BCUT2D eigenvalue weighted by atomic mass is 32.1. The summed E-state index contributed by atoms with van der Waals surface area (Å²) in [6.45, 7) is 0.539. The van der Waals surface area contributed by atoms with Crippen molar-refractivity contribution in [3.63, 3.8) is 0 Å². The summed E-state index contributed by atoms with van der Waals surface area (Å²) in [4.78, 5) is 4.47. The van der Waals surface area contributed by atoms with E-state index in [0.717, 1.165) is 5.56 Å². The van der Waals surface area contributed by atoms with E-state index in [1.807, 2.05) is 24.3 Å². The molecule has 2 N–H and O–H groups in total. The van der Waals surface area contributed by atoms with Crippen molar-refractivity contribution in [2.75, 3.05) is 7.11 Å². The fourth-order valence-electron chi connectivity index (χ4n) is 1.60. The number of rotatable bonds is 5. The fourth-order valence-corrected chi connectivity index (χ4v) is 1.71. The van der Waals surface area contributed by atoms with Gasteiger partial charge in [-0.15, -0.1) is 0 Å². The summed E-state index contributed by atoms with van der Waals surface area (Å²) in [5.41, 5.74) is 7.11. The quantitative estimate of drug-likeness (QED) is 0.849. The van der Waals surface area contributed by atoms with Gasteiger partial charge in [0.25, 0.3) is 0 Å². The lowest BCUT2D eigenvalue weighted by atomic mass is 10.2. The third-order valence-corrected chi connectivity index (χ3v) is 2.62. The Morgan fingerprint density at radius 2 is 2.05 bits per heavy atom. The molecule has 1 aromatic heterocycles. The highest BCUT2D eigenvalue weighted by molar-refractivity contribution is 7.80. The molecule has 0 fully saturated rings. The molecule has 0 aliphatic heterocycles. The molecule has 2 rings (SSSR count). The largest absolute Gasteiger partial charge is 0.439 e. The maximum atomic E-state index is 5.67. The van der Waals surface area contributed by atoms with Gasteiger partial charge in [0.1, 0.15) is 16.4 Å². The van der Waals surface area contributed by atoms with Gasteiger partial charge in [0.15, 0.2) is 0 Å². The van der Waals surface area contributed by atoms with Crippen LogP contribution in [0.4, 0.5) is 0 Å². The van der Waals surface area contributed by atoms with Crippen LogP contribution in [0.5, 0.6) is 11.6 Å². The zero-order valence-electron chi connectivity index (χ0n) is 10.5. The Hall–Kier alpha value is -1.98. The van der Waals surface area contributed by atoms with Crippen LogP contribution in [0.2, 0.25) is 0 Å². The summed E-state index contributed by atoms with van der Waals surface area (Å²) in [7, 11) is 1.65. The van der Waals surface area contributed by atoms with Gasteiger partial charge >= 0.3 is 0 Å². The lowest BCUT2D eigenvalue weighted by Gasteiger charge is -2.07. The van der Waals surface area contributed by atoms with Gasteiger partial charge in [0, 0.05) is 13.2 Å². The van der Waals surface area contributed by atoms with Gasteiger partial charge in [0.05, 0.1) is 6.61 Å². The Labute approximate surface area is 117 Å². The molecule has 2 aromatic rings. The number of nitrogens with zero attached hydrogens (tertiary/aromatic N) is 1. The molecule has 98 valence electrons. The minimum absolute atomic E-state index is 0.249. The van der Waals surface area contributed by atoms with Crippen LogP contribution in [0.15, 0.2) is 42.5 Å². The van der Waals surface area contributed by atoms with Crippen LogP contribution in [0, 0.1) is 0 Å². The predicted octanol–water partition coefficient (Wildman–Crippen LogP) is 2.65. The number of nitrogens with two attached hydrogens (primary N) is 1. The van der Waals surface area contributed by atoms with E-state index in [0.29, 0.717) is 23.9 Å². The van der Waals surface area contributed by atoms with Crippen LogP contribution in [-0.4, -0.2) is 17.1 Å². The smallest absolute Gasteiger partial charge is 0.219 e. The molecule has 1 heterocycles. The van der Waals surface area contributed by atoms with E-state index in [-0.39, 0.29) is 4.99 Å². The van der Waals surface area contributed by atoms with Gasteiger partial charge in [-0.3, -0.25) is 0 Å². The zero-order chi connectivity index (χ0) is 13.7. The molecule has 5 heteroatoms. The summed E-state index contributed by atoms with van der Waals surface area (Å²) in [5.74, 6) is 1.15. The maximum absolute atomic E-state index is 5.67. The molecule has 0 unspecified atom stereocenters. The van der Waals surface area contributed by atoms with E-state index in [1.165, 1.54) is 0 Å². The number of hydrogen-bond donors (Lipinski definition) is 1. The molecule has 1 aromatic carbocycles. The first kappa shape index (κ1) is 13.5. The number of aromatic nitrogens is 1. The van der Waals surface area contributed by atoms with Crippen molar-refractivity contribution < 1.29 is 9.47 Å². The second-order valence-electron chi connectivity index (χ2n) is 3.91. The van der Waals surface area contributed by atoms with Crippen LogP contribution >= 0.6 is 12.2 Å². The van der Waals surface area contributed by atoms with E-state index < -0.39 is 0 Å². The number of hydrogen-bond acceptors (Lipinski definition) is 4. The number of thiocarbonyl (C=S) groups is 1. The third kappa shape index (κ3) is 3.74. The monoisotopic (exact) mass is 274 g/mol. The Morgan fingerprint density at radius 1 is 1.26 bits per heavy atom. The molecular weight excluding hydrogens is 260 g/mol.